The van der Waals surface area contributed by atoms with Crippen molar-refractivity contribution < 1.29 is 9.63 Å². The van der Waals surface area contributed by atoms with Crippen LogP contribution in [0.3, 0.4) is 0 Å². The van der Waals surface area contributed by atoms with Crippen molar-refractivity contribution in [3.05, 3.63) is 45.5 Å². The van der Waals surface area contributed by atoms with Gasteiger partial charge in [0, 0.05) is 22.2 Å². The summed E-state index contributed by atoms with van der Waals surface area (Å²) < 4.78 is 4.94. The van der Waals surface area contributed by atoms with Gasteiger partial charge < -0.3 is 14.9 Å². The lowest BCUT2D eigenvalue weighted by molar-refractivity contribution is 0.172. The Balaban J connectivity index is 1.90. The van der Waals surface area contributed by atoms with Gasteiger partial charge in [-0.25, -0.2) is 0 Å². The van der Waals surface area contributed by atoms with Crippen molar-refractivity contribution in [1.82, 2.24) is 15.5 Å². The molecule has 0 amide bonds. The lowest BCUT2D eigenvalue weighted by atomic mass is 10.1. The molecule has 0 bridgehead atoms. The SMILES string of the molecule is Cc1noc(CNCC(O)c2cc(Cl)ccc2Cl)n1. The van der Waals surface area contributed by atoms with Crippen LogP contribution in [-0.2, 0) is 6.54 Å². The van der Waals surface area contributed by atoms with Crippen LogP contribution in [0.4, 0.5) is 0 Å². The van der Waals surface area contributed by atoms with E-state index < -0.39 is 6.10 Å². The van der Waals surface area contributed by atoms with Crippen LogP contribution in [0.2, 0.25) is 10.0 Å². The van der Waals surface area contributed by atoms with Crippen LogP contribution >= 0.6 is 23.2 Å². The Kier molecular flexibility index (Phi) is 4.76. The van der Waals surface area contributed by atoms with Crippen LogP contribution in [0.25, 0.3) is 0 Å². The number of aromatic nitrogens is 2. The standard InChI is InChI=1S/C12H13Cl2N3O2/c1-7-16-12(19-17-7)6-15-5-11(18)9-4-8(13)2-3-10(9)14/h2-4,11,15,18H,5-6H2,1H3. The molecule has 0 aliphatic rings. The minimum atomic E-state index is -0.754. The Morgan fingerprint density at radius 2 is 2.21 bits per heavy atom. The molecule has 5 nitrogen and oxygen atoms in total. The highest BCUT2D eigenvalue weighted by molar-refractivity contribution is 6.33. The molecule has 1 heterocycles. The van der Waals surface area contributed by atoms with E-state index in [1.807, 2.05) is 0 Å². The summed E-state index contributed by atoms with van der Waals surface area (Å²) in [6.07, 6.45) is -0.754. The molecule has 0 fully saturated rings. The molecule has 0 radical (unpaired) electrons. The molecule has 7 heteroatoms. The molecule has 0 saturated carbocycles. The highest BCUT2D eigenvalue weighted by atomic mass is 35.5. The molecule has 1 aromatic carbocycles. The maximum absolute atomic E-state index is 10.0. The van der Waals surface area contributed by atoms with E-state index in [2.05, 4.69) is 15.5 Å². The minimum Gasteiger partial charge on any atom is -0.387 e. The van der Waals surface area contributed by atoms with Crippen molar-refractivity contribution in [2.45, 2.75) is 19.6 Å². The Bertz CT molecular complexity index is 560. The number of aliphatic hydroxyl groups excluding tert-OH is 1. The predicted molar refractivity (Wildman–Crippen MR) is 72.2 cm³/mol. The molecule has 1 aromatic heterocycles. The average Bonchev–Trinajstić information content (AvgIpc) is 2.78. The van der Waals surface area contributed by atoms with Gasteiger partial charge in [-0.05, 0) is 25.1 Å². The van der Waals surface area contributed by atoms with Crippen LogP contribution in [0.15, 0.2) is 22.7 Å². The molecule has 19 heavy (non-hydrogen) atoms. The normalized spacial score (nSPS) is 12.6. The third kappa shape index (κ3) is 3.91. The maximum atomic E-state index is 10.0. The molecule has 0 saturated heterocycles. The first-order valence-corrected chi connectivity index (χ1v) is 6.45. The predicted octanol–water partition coefficient (Wildman–Crippen LogP) is 2.51. The summed E-state index contributed by atoms with van der Waals surface area (Å²) >= 11 is 11.9. The number of rotatable bonds is 5. The van der Waals surface area contributed by atoms with Crippen LogP contribution in [0.1, 0.15) is 23.4 Å². The fourth-order valence-corrected chi connectivity index (χ4v) is 2.03. The Labute approximate surface area is 120 Å². The molecule has 0 aliphatic carbocycles. The fraction of sp³-hybridized carbons (Fsp3) is 0.333. The van der Waals surface area contributed by atoms with E-state index in [4.69, 9.17) is 27.7 Å². The van der Waals surface area contributed by atoms with Crippen LogP contribution in [0.5, 0.6) is 0 Å². The number of aryl methyl sites for hydroxylation is 1. The van der Waals surface area contributed by atoms with Crippen molar-refractivity contribution in [2.24, 2.45) is 0 Å². The number of nitrogens with one attached hydrogen (secondary N) is 1. The second-order valence-electron chi connectivity index (χ2n) is 4.05. The molecule has 2 N–H and O–H groups in total. The molecule has 0 aliphatic heterocycles. The summed E-state index contributed by atoms with van der Waals surface area (Å²) in [5.74, 6) is 1.05. The van der Waals surface area contributed by atoms with Crippen LogP contribution < -0.4 is 5.32 Å². The molecular weight excluding hydrogens is 289 g/mol. The summed E-state index contributed by atoms with van der Waals surface area (Å²) in [4.78, 5) is 4.04. The van der Waals surface area contributed by atoms with E-state index in [1.165, 1.54) is 0 Å². The molecule has 0 spiro atoms. The second kappa shape index (κ2) is 6.34. The van der Waals surface area contributed by atoms with Gasteiger partial charge in [-0.3, -0.25) is 0 Å². The molecular formula is C12H13Cl2N3O2. The van der Waals surface area contributed by atoms with Gasteiger partial charge in [0.15, 0.2) is 5.82 Å². The van der Waals surface area contributed by atoms with E-state index >= 15 is 0 Å². The first-order valence-electron chi connectivity index (χ1n) is 5.69. The number of halogens is 2. The number of hydrogen-bond donors (Lipinski definition) is 2. The summed E-state index contributed by atoms with van der Waals surface area (Å²) in [7, 11) is 0. The largest absolute Gasteiger partial charge is 0.387 e. The Hall–Kier alpha value is -1.14. The van der Waals surface area contributed by atoms with E-state index in [1.54, 1.807) is 25.1 Å². The number of benzene rings is 1. The Morgan fingerprint density at radius 1 is 1.42 bits per heavy atom. The highest BCUT2D eigenvalue weighted by Crippen LogP contribution is 2.25. The first kappa shape index (κ1) is 14.3. The lowest BCUT2D eigenvalue weighted by Crippen LogP contribution is -2.21. The molecule has 2 rings (SSSR count). The summed E-state index contributed by atoms with van der Waals surface area (Å²) in [5.41, 5.74) is 0.586. The number of nitrogens with zero attached hydrogens (tertiary/aromatic N) is 2. The Morgan fingerprint density at radius 3 is 2.89 bits per heavy atom. The second-order valence-corrected chi connectivity index (χ2v) is 4.89. The van der Waals surface area contributed by atoms with Crippen LogP contribution in [0, 0.1) is 6.92 Å². The first-order chi connectivity index (χ1) is 9.06. The van der Waals surface area contributed by atoms with Crippen molar-refractivity contribution in [3.8, 4) is 0 Å². The van der Waals surface area contributed by atoms with Crippen molar-refractivity contribution in [2.75, 3.05) is 6.54 Å². The van der Waals surface area contributed by atoms with Gasteiger partial charge in [0.1, 0.15) is 0 Å². The van der Waals surface area contributed by atoms with Gasteiger partial charge in [0.2, 0.25) is 5.89 Å². The molecule has 1 unspecified atom stereocenters. The molecule has 1 atom stereocenters. The minimum absolute atomic E-state index is 0.307. The van der Waals surface area contributed by atoms with Crippen molar-refractivity contribution >= 4 is 23.2 Å². The highest BCUT2D eigenvalue weighted by Gasteiger charge is 2.12. The summed E-state index contributed by atoms with van der Waals surface area (Å²) in [6, 6.07) is 4.98. The molecule has 2 aromatic rings. The summed E-state index contributed by atoms with van der Waals surface area (Å²) in [6.45, 7) is 2.44. The van der Waals surface area contributed by atoms with E-state index in [9.17, 15) is 5.11 Å². The maximum Gasteiger partial charge on any atom is 0.240 e. The fourth-order valence-electron chi connectivity index (χ4n) is 1.61. The van der Waals surface area contributed by atoms with Crippen molar-refractivity contribution in [3.63, 3.8) is 0 Å². The topological polar surface area (TPSA) is 71.2 Å². The third-order valence-corrected chi connectivity index (χ3v) is 3.08. The average molecular weight is 302 g/mol. The zero-order valence-electron chi connectivity index (χ0n) is 10.2. The smallest absolute Gasteiger partial charge is 0.240 e. The van der Waals surface area contributed by atoms with Gasteiger partial charge >= 0.3 is 0 Å². The van der Waals surface area contributed by atoms with Crippen LogP contribution in [-0.4, -0.2) is 21.8 Å². The van der Waals surface area contributed by atoms with Gasteiger partial charge in [0.05, 0.1) is 12.6 Å². The van der Waals surface area contributed by atoms with Crippen molar-refractivity contribution in [1.29, 1.82) is 0 Å². The quantitative estimate of drug-likeness (QED) is 0.888. The monoisotopic (exact) mass is 301 g/mol. The zero-order valence-corrected chi connectivity index (χ0v) is 11.7. The van der Waals surface area contributed by atoms with Gasteiger partial charge in [-0.1, -0.05) is 28.4 Å². The van der Waals surface area contributed by atoms with Gasteiger partial charge in [0.25, 0.3) is 0 Å². The number of aliphatic hydroxyl groups is 1. The number of hydrogen-bond acceptors (Lipinski definition) is 5. The third-order valence-electron chi connectivity index (χ3n) is 2.50. The molecule has 102 valence electrons. The van der Waals surface area contributed by atoms with E-state index in [-0.39, 0.29) is 0 Å². The summed E-state index contributed by atoms with van der Waals surface area (Å²) in [5, 5.41) is 17.7. The zero-order chi connectivity index (χ0) is 13.8. The van der Waals surface area contributed by atoms with E-state index in [0.717, 1.165) is 0 Å². The van der Waals surface area contributed by atoms with Gasteiger partial charge in [-0.2, -0.15) is 4.98 Å². The van der Waals surface area contributed by atoms with Gasteiger partial charge in [-0.15, -0.1) is 0 Å². The lowest BCUT2D eigenvalue weighted by Gasteiger charge is -2.13. The van der Waals surface area contributed by atoms with E-state index in [0.29, 0.717) is 40.4 Å².